The number of aromatic carboxylic acids is 1. The highest BCUT2D eigenvalue weighted by molar-refractivity contribution is 6.34. The quantitative estimate of drug-likeness (QED) is 0.907. The minimum absolute atomic E-state index is 0.0164. The lowest BCUT2D eigenvalue weighted by molar-refractivity contribution is 0.0689. The van der Waals surface area contributed by atoms with E-state index in [0.29, 0.717) is 10.7 Å². The zero-order valence-corrected chi connectivity index (χ0v) is 11.1. The van der Waals surface area contributed by atoms with Crippen LogP contribution in [0.5, 0.6) is 0 Å². The minimum Gasteiger partial charge on any atom is -0.476 e. The Hall–Kier alpha value is -1.81. The second-order valence-electron chi connectivity index (χ2n) is 4.29. The monoisotopic (exact) mass is 264 g/mol. The van der Waals surface area contributed by atoms with E-state index in [0.717, 1.165) is 16.7 Å². The van der Waals surface area contributed by atoms with E-state index in [1.807, 2.05) is 26.0 Å². The Labute approximate surface area is 110 Å². The third-order valence-electron chi connectivity index (χ3n) is 2.77. The van der Waals surface area contributed by atoms with Crippen LogP contribution < -0.4 is 0 Å². The molecular weight excluding hydrogens is 252 g/mol. The molecule has 0 saturated carbocycles. The van der Waals surface area contributed by atoms with Gasteiger partial charge < -0.3 is 5.11 Å². The van der Waals surface area contributed by atoms with Gasteiger partial charge in [-0.25, -0.2) is 4.79 Å². The summed E-state index contributed by atoms with van der Waals surface area (Å²) in [4.78, 5) is 10.9. The number of carboxylic acids is 1. The maximum Gasteiger partial charge on any atom is 0.356 e. The molecule has 0 spiro atoms. The number of nitrogens with zero attached hydrogens (tertiary/aromatic N) is 2. The Morgan fingerprint density at radius 1 is 1.33 bits per heavy atom. The van der Waals surface area contributed by atoms with Crippen molar-refractivity contribution in [3.05, 3.63) is 40.0 Å². The van der Waals surface area contributed by atoms with Gasteiger partial charge in [-0.15, -0.1) is 0 Å². The lowest BCUT2D eigenvalue weighted by Crippen LogP contribution is -1.99. The van der Waals surface area contributed by atoms with Gasteiger partial charge in [-0.2, -0.15) is 5.10 Å². The maximum absolute atomic E-state index is 10.9. The number of hydrogen-bond donors (Lipinski definition) is 1. The van der Waals surface area contributed by atoms with Crippen molar-refractivity contribution in [2.75, 3.05) is 0 Å². The summed E-state index contributed by atoms with van der Waals surface area (Å²) in [6.07, 6.45) is 0. The molecule has 0 saturated heterocycles. The van der Waals surface area contributed by atoms with Gasteiger partial charge in [0, 0.05) is 12.6 Å². The first kappa shape index (κ1) is 12.6. The molecule has 1 N–H and O–H groups in total. The summed E-state index contributed by atoms with van der Waals surface area (Å²) in [5.74, 6) is -1.04. The highest BCUT2D eigenvalue weighted by Gasteiger charge is 2.15. The molecule has 0 atom stereocenters. The molecule has 2 rings (SSSR count). The summed E-state index contributed by atoms with van der Waals surface area (Å²) < 4.78 is 1.53. The number of hydrogen-bond acceptors (Lipinski definition) is 2. The van der Waals surface area contributed by atoms with Crippen LogP contribution in [-0.2, 0) is 7.05 Å². The molecule has 94 valence electrons. The average molecular weight is 265 g/mol. The van der Waals surface area contributed by atoms with Crippen LogP contribution in [0.4, 0.5) is 0 Å². The zero-order valence-electron chi connectivity index (χ0n) is 10.4. The summed E-state index contributed by atoms with van der Waals surface area (Å²) in [7, 11) is 1.70. The molecule has 0 aliphatic carbocycles. The van der Waals surface area contributed by atoms with E-state index >= 15 is 0 Å². The minimum atomic E-state index is -1.04. The Balaban J connectivity index is 2.65. The number of benzene rings is 1. The number of aryl methyl sites for hydroxylation is 3. The van der Waals surface area contributed by atoms with Crippen LogP contribution in [0.2, 0.25) is 5.02 Å². The van der Waals surface area contributed by atoms with Crippen LogP contribution in [0.1, 0.15) is 21.6 Å². The molecule has 1 aromatic heterocycles. The van der Waals surface area contributed by atoms with Gasteiger partial charge in [0.15, 0.2) is 5.69 Å². The molecule has 0 aliphatic rings. The fourth-order valence-electron chi connectivity index (χ4n) is 1.96. The number of aromatic nitrogens is 2. The molecule has 0 amide bonds. The van der Waals surface area contributed by atoms with E-state index in [1.54, 1.807) is 7.05 Å². The summed E-state index contributed by atoms with van der Waals surface area (Å²) in [6.45, 7) is 3.90. The topological polar surface area (TPSA) is 55.1 Å². The number of rotatable bonds is 2. The number of halogens is 1. The smallest absolute Gasteiger partial charge is 0.356 e. The normalized spacial score (nSPS) is 10.7. The van der Waals surface area contributed by atoms with Crippen molar-refractivity contribution in [2.45, 2.75) is 13.8 Å². The first-order chi connectivity index (χ1) is 8.40. The van der Waals surface area contributed by atoms with E-state index in [4.69, 9.17) is 16.7 Å². The van der Waals surface area contributed by atoms with Crippen LogP contribution >= 0.6 is 11.6 Å². The van der Waals surface area contributed by atoms with Crippen LogP contribution in [0.3, 0.4) is 0 Å². The molecule has 1 aromatic carbocycles. The largest absolute Gasteiger partial charge is 0.476 e. The SMILES string of the molecule is Cc1cc(C)c(Cl)c(-c2cc(C(=O)O)nn2C)c1. The second kappa shape index (κ2) is 4.46. The molecule has 0 fully saturated rings. The van der Waals surface area contributed by atoms with E-state index in [9.17, 15) is 4.79 Å². The first-order valence-corrected chi connectivity index (χ1v) is 5.82. The Kier molecular flexibility index (Phi) is 3.13. The molecule has 1 heterocycles. The van der Waals surface area contributed by atoms with Gasteiger partial charge in [0.05, 0.1) is 10.7 Å². The van der Waals surface area contributed by atoms with Crippen LogP contribution in [0.15, 0.2) is 18.2 Å². The van der Waals surface area contributed by atoms with Crippen molar-refractivity contribution >= 4 is 17.6 Å². The highest BCUT2D eigenvalue weighted by atomic mass is 35.5. The molecule has 0 aliphatic heterocycles. The summed E-state index contributed by atoms with van der Waals surface area (Å²) in [5, 5.41) is 13.5. The molecule has 4 nitrogen and oxygen atoms in total. The molecule has 0 unspecified atom stereocenters. The van der Waals surface area contributed by atoms with Gasteiger partial charge in [-0.3, -0.25) is 4.68 Å². The van der Waals surface area contributed by atoms with Crippen molar-refractivity contribution < 1.29 is 9.90 Å². The summed E-state index contributed by atoms with van der Waals surface area (Å²) in [5.41, 5.74) is 3.55. The molecule has 2 aromatic rings. The Morgan fingerprint density at radius 2 is 2.00 bits per heavy atom. The van der Waals surface area contributed by atoms with E-state index in [-0.39, 0.29) is 5.69 Å². The van der Waals surface area contributed by atoms with Gasteiger partial charge in [0.25, 0.3) is 0 Å². The van der Waals surface area contributed by atoms with Crippen LogP contribution in [0.25, 0.3) is 11.3 Å². The summed E-state index contributed by atoms with van der Waals surface area (Å²) >= 11 is 6.27. The van der Waals surface area contributed by atoms with Crippen molar-refractivity contribution in [3.63, 3.8) is 0 Å². The predicted molar refractivity (Wildman–Crippen MR) is 70.1 cm³/mol. The van der Waals surface area contributed by atoms with Crippen molar-refractivity contribution in [1.82, 2.24) is 9.78 Å². The summed E-state index contributed by atoms with van der Waals surface area (Å²) in [6, 6.07) is 5.45. The van der Waals surface area contributed by atoms with Gasteiger partial charge in [0.1, 0.15) is 0 Å². The average Bonchev–Trinajstić information content (AvgIpc) is 2.66. The Bertz CT molecular complexity index is 632. The van der Waals surface area contributed by atoms with Crippen LogP contribution in [0, 0.1) is 13.8 Å². The van der Waals surface area contributed by atoms with E-state index in [2.05, 4.69) is 5.10 Å². The van der Waals surface area contributed by atoms with E-state index in [1.165, 1.54) is 10.7 Å². The third-order valence-corrected chi connectivity index (χ3v) is 3.28. The molecule has 0 bridgehead atoms. The van der Waals surface area contributed by atoms with Gasteiger partial charge in [0.2, 0.25) is 0 Å². The number of carboxylic acid groups (broad SMARTS) is 1. The fourth-order valence-corrected chi connectivity index (χ4v) is 2.17. The molecular formula is C13H13ClN2O2. The Morgan fingerprint density at radius 3 is 2.56 bits per heavy atom. The van der Waals surface area contributed by atoms with Crippen LogP contribution in [-0.4, -0.2) is 20.9 Å². The predicted octanol–water partition coefficient (Wildman–Crippen LogP) is 3.06. The van der Waals surface area contributed by atoms with Crippen molar-refractivity contribution in [3.8, 4) is 11.3 Å². The molecule has 0 radical (unpaired) electrons. The highest BCUT2D eigenvalue weighted by Crippen LogP contribution is 2.31. The van der Waals surface area contributed by atoms with Gasteiger partial charge >= 0.3 is 5.97 Å². The molecule has 5 heteroatoms. The number of carbonyl (C=O) groups is 1. The zero-order chi connectivity index (χ0) is 13.4. The van der Waals surface area contributed by atoms with Gasteiger partial charge in [-0.05, 0) is 31.5 Å². The lowest BCUT2D eigenvalue weighted by atomic mass is 10.0. The van der Waals surface area contributed by atoms with E-state index < -0.39 is 5.97 Å². The standard InChI is InChI=1S/C13H13ClN2O2/c1-7-4-8(2)12(14)9(5-7)11-6-10(13(17)18)15-16(11)3/h4-6H,1-3H3,(H,17,18). The van der Waals surface area contributed by atoms with Crippen molar-refractivity contribution in [2.24, 2.45) is 7.05 Å². The van der Waals surface area contributed by atoms with Crippen molar-refractivity contribution in [1.29, 1.82) is 0 Å². The molecule has 18 heavy (non-hydrogen) atoms. The third kappa shape index (κ3) is 2.11. The van der Waals surface area contributed by atoms with Gasteiger partial charge in [-0.1, -0.05) is 23.2 Å². The second-order valence-corrected chi connectivity index (χ2v) is 4.66. The fraction of sp³-hybridized carbons (Fsp3) is 0.231. The lowest BCUT2D eigenvalue weighted by Gasteiger charge is -2.08. The first-order valence-electron chi connectivity index (χ1n) is 5.44. The maximum atomic E-state index is 10.9.